The van der Waals surface area contributed by atoms with Crippen molar-refractivity contribution >= 4 is 16.7 Å². The van der Waals surface area contributed by atoms with Crippen LogP contribution in [0.5, 0.6) is 5.75 Å². The van der Waals surface area contributed by atoms with Gasteiger partial charge in [0.05, 0.1) is 18.3 Å². The van der Waals surface area contributed by atoms with E-state index in [1.807, 2.05) is 44.2 Å². The average Bonchev–Trinajstić information content (AvgIpc) is 2.47. The van der Waals surface area contributed by atoms with Gasteiger partial charge in [0.2, 0.25) is 0 Å². The molecule has 4 nitrogen and oxygen atoms in total. The predicted molar refractivity (Wildman–Crippen MR) is 83.7 cm³/mol. The predicted octanol–water partition coefficient (Wildman–Crippen LogP) is 3.04. The quantitative estimate of drug-likeness (QED) is 0.919. The summed E-state index contributed by atoms with van der Waals surface area (Å²) < 4.78 is 5.44. The lowest BCUT2D eigenvalue weighted by Gasteiger charge is -2.19. The van der Waals surface area contributed by atoms with Crippen LogP contribution in [0, 0.1) is 0 Å². The molecule has 0 unspecified atom stereocenters. The van der Waals surface area contributed by atoms with E-state index in [-0.39, 0.29) is 17.8 Å². The van der Waals surface area contributed by atoms with E-state index in [0.717, 1.165) is 5.39 Å². The Balaban J connectivity index is 2.17. The normalized spacial score (nSPS) is 11.0. The minimum atomic E-state index is -0.203. The molecule has 0 aliphatic rings. The Labute approximate surface area is 124 Å². The van der Waals surface area contributed by atoms with E-state index in [1.54, 1.807) is 18.0 Å². The number of phenolic OH excluding ortho intramolecular Hbond substituents is 1. The van der Waals surface area contributed by atoms with Gasteiger partial charge in [0.25, 0.3) is 5.91 Å². The highest BCUT2D eigenvalue weighted by molar-refractivity contribution is 6.03. The van der Waals surface area contributed by atoms with Crippen LogP contribution in [0.2, 0.25) is 0 Å². The molecule has 4 heteroatoms. The zero-order valence-corrected chi connectivity index (χ0v) is 12.7. The zero-order valence-electron chi connectivity index (χ0n) is 12.7. The first-order chi connectivity index (χ1) is 10.0. The topological polar surface area (TPSA) is 49.8 Å². The van der Waals surface area contributed by atoms with E-state index in [9.17, 15) is 9.90 Å². The van der Waals surface area contributed by atoms with Crippen molar-refractivity contribution in [1.29, 1.82) is 0 Å². The maximum absolute atomic E-state index is 12.4. The molecule has 0 bridgehead atoms. The fraction of sp³-hybridized carbons (Fsp3) is 0.353. The van der Waals surface area contributed by atoms with Crippen LogP contribution >= 0.6 is 0 Å². The van der Waals surface area contributed by atoms with E-state index in [4.69, 9.17) is 4.74 Å². The van der Waals surface area contributed by atoms with Crippen LogP contribution in [0.4, 0.5) is 0 Å². The Bertz CT molecular complexity index is 637. The molecule has 0 radical (unpaired) electrons. The third-order valence-corrected chi connectivity index (χ3v) is 3.36. The minimum absolute atomic E-state index is 0.0368. The van der Waals surface area contributed by atoms with Gasteiger partial charge in [-0.2, -0.15) is 0 Å². The number of amides is 1. The fourth-order valence-electron chi connectivity index (χ4n) is 2.16. The summed E-state index contributed by atoms with van der Waals surface area (Å²) in [6, 6.07) is 11.0. The number of fused-ring (bicyclic) bond motifs is 1. The van der Waals surface area contributed by atoms with Crippen LogP contribution in [-0.2, 0) is 4.74 Å². The van der Waals surface area contributed by atoms with Gasteiger partial charge in [-0.15, -0.1) is 0 Å². The molecule has 0 fully saturated rings. The van der Waals surface area contributed by atoms with Crippen LogP contribution in [0.1, 0.15) is 24.2 Å². The first-order valence-corrected chi connectivity index (χ1v) is 7.08. The van der Waals surface area contributed by atoms with Crippen LogP contribution in [0.25, 0.3) is 10.8 Å². The van der Waals surface area contributed by atoms with Gasteiger partial charge in [-0.1, -0.05) is 30.3 Å². The SMILES string of the molecule is CC(C)OCCN(C)C(=O)c1ccc2ccccc2c1O. The van der Waals surface area contributed by atoms with Gasteiger partial charge in [0.15, 0.2) is 0 Å². The van der Waals surface area contributed by atoms with Crippen LogP contribution in [0.3, 0.4) is 0 Å². The third-order valence-electron chi connectivity index (χ3n) is 3.36. The molecule has 0 spiro atoms. The molecule has 2 aromatic rings. The maximum atomic E-state index is 12.4. The van der Waals surface area contributed by atoms with Crippen molar-refractivity contribution in [2.24, 2.45) is 0 Å². The average molecular weight is 287 g/mol. The van der Waals surface area contributed by atoms with Gasteiger partial charge in [-0.05, 0) is 25.3 Å². The second-order valence-corrected chi connectivity index (χ2v) is 5.33. The lowest BCUT2D eigenvalue weighted by molar-refractivity contribution is 0.0530. The maximum Gasteiger partial charge on any atom is 0.257 e. The molecule has 112 valence electrons. The molecular formula is C17H21NO3. The number of ether oxygens (including phenoxy) is 1. The lowest BCUT2D eigenvalue weighted by Crippen LogP contribution is -2.30. The van der Waals surface area contributed by atoms with Crippen molar-refractivity contribution in [3.05, 3.63) is 42.0 Å². The molecule has 1 amide bonds. The molecule has 0 aliphatic heterocycles. The number of hydrogen-bond acceptors (Lipinski definition) is 3. The third kappa shape index (κ3) is 3.52. The largest absolute Gasteiger partial charge is 0.506 e. The first kappa shape index (κ1) is 15.3. The Morgan fingerprint density at radius 3 is 2.67 bits per heavy atom. The Morgan fingerprint density at radius 1 is 1.24 bits per heavy atom. The highest BCUT2D eigenvalue weighted by Gasteiger charge is 2.17. The van der Waals surface area contributed by atoms with E-state index in [1.165, 1.54) is 0 Å². The number of rotatable bonds is 5. The number of hydrogen-bond donors (Lipinski definition) is 1. The van der Waals surface area contributed by atoms with Crippen molar-refractivity contribution in [3.63, 3.8) is 0 Å². The summed E-state index contributed by atoms with van der Waals surface area (Å²) in [6.07, 6.45) is 0.141. The zero-order chi connectivity index (χ0) is 15.4. The summed E-state index contributed by atoms with van der Waals surface area (Å²) in [7, 11) is 1.71. The summed E-state index contributed by atoms with van der Waals surface area (Å²) in [5.74, 6) is -0.166. The molecule has 0 atom stereocenters. The molecule has 0 aromatic heterocycles. The summed E-state index contributed by atoms with van der Waals surface area (Å²) in [6.45, 7) is 4.88. The summed E-state index contributed by atoms with van der Waals surface area (Å²) in [4.78, 5) is 14.0. The number of likely N-dealkylation sites (N-methyl/N-ethyl adjacent to an activating group) is 1. The second-order valence-electron chi connectivity index (χ2n) is 5.33. The van der Waals surface area contributed by atoms with Crippen LogP contribution in [-0.4, -0.2) is 42.2 Å². The summed E-state index contributed by atoms with van der Waals surface area (Å²) >= 11 is 0. The minimum Gasteiger partial charge on any atom is -0.506 e. The molecular weight excluding hydrogens is 266 g/mol. The second kappa shape index (κ2) is 6.59. The summed E-state index contributed by atoms with van der Waals surface area (Å²) in [5.41, 5.74) is 0.320. The standard InChI is InChI=1S/C17H21NO3/c1-12(2)21-11-10-18(3)17(20)15-9-8-13-6-4-5-7-14(13)16(15)19/h4-9,12,19H,10-11H2,1-3H3. The molecule has 0 aliphatic carbocycles. The van der Waals surface area contributed by atoms with Crippen molar-refractivity contribution in [1.82, 2.24) is 4.90 Å². The highest BCUT2D eigenvalue weighted by Crippen LogP contribution is 2.29. The number of phenols is 1. The van der Waals surface area contributed by atoms with Crippen molar-refractivity contribution in [2.75, 3.05) is 20.2 Å². The lowest BCUT2D eigenvalue weighted by atomic mass is 10.0. The van der Waals surface area contributed by atoms with E-state index >= 15 is 0 Å². The Morgan fingerprint density at radius 2 is 1.95 bits per heavy atom. The van der Waals surface area contributed by atoms with Crippen molar-refractivity contribution in [3.8, 4) is 5.75 Å². The smallest absolute Gasteiger partial charge is 0.257 e. The van der Waals surface area contributed by atoms with Gasteiger partial charge in [-0.3, -0.25) is 4.79 Å². The van der Waals surface area contributed by atoms with E-state index < -0.39 is 0 Å². The molecule has 1 N–H and O–H groups in total. The van der Waals surface area contributed by atoms with Gasteiger partial charge in [0, 0.05) is 19.0 Å². The van der Waals surface area contributed by atoms with Gasteiger partial charge < -0.3 is 14.7 Å². The fourth-order valence-corrected chi connectivity index (χ4v) is 2.16. The highest BCUT2D eigenvalue weighted by atomic mass is 16.5. The van der Waals surface area contributed by atoms with E-state index in [2.05, 4.69) is 0 Å². The van der Waals surface area contributed by atoms with Gasteiger partial charge in [-0.25, -0.2) is 0 Å². The Kier molecular flexibility index (Phi) is 4.81. The van der Waals surface area contributed by atoms with Crippen LogP contribution < -0.4 is 0 Å². The Hall–Kier alpha value is -2.07. The number of carbonyl (C=O) groups is 1. The van der Waals surface area contributed by atoms with Gasteiger partial charge in [0.1, 0.15) is 5.75 Å². The summed E-state index contributed by atoms with van der Waals surface area (Å²) in [5, 5.41) is 11.9. The number of carbonyl (C=O) groups excluding carboxylic acids is 1. The molecule has 0 heterocycles. The number of benzene rings is 2. The monoisotopic (exact) mass is 287 g/mol. The molecule has 21 heavy (non-hydrogen) atoms. The van der Waals surface area contributed by atoms with Gasteiger partial charge >= 0.3 is 0 Å². The van der Waals surface area contributed by atoms with Crippen LogP contribution in [0.15, 0.2) is 36.4 Å². The number of aromatic hydroxyl groups is 1. The first-order valence-electron chi connectivity index (χ1n) is 7.08. The molecule has 2 rings (SSSR count). The molecule has 0 saturated heterocycles. The number of nitrogens with zero attached hydrogens (tertiary/aromatic N) is 1. The van der Waals surface area contributed by atoms with Crippen molar-refractivity contribution in [2.45, 2.75) is 20.0 Å². The van der Waals surface area contributed by atoms with Crippen molar-refractivity contribution < 1.29 is 14.6 Å². The van der Waals surface area contributed by atoms with E-state index in [0.29, 0.717) is 24.1 Å². The molecule has 0 saturated carbocycles. The molecule has 2 aromatic carbocycles.